The highest BCUT2D eigenvalue weighted by atomic mass is 32.1. The van der Waals surface area contributed by atoms with Crippen LogP contribution in [0.2, 0.25) is 0 Å². The molecule has 0 saturated heterocycles. The van der Waals surface area contributed by atoms with Gasteiger partial charge < -0.3 is 5.32 Å². The predicted molar refractivity (Wildman–Crippen MR) is 92.5 cm³/mol. The molecule has 0 saturated carbocycles. The Kier molecular flexibility index (Phi) is 5.17. The Bertz CT molecular complexity index is 591. The molecule has 0 aromatic carbocycles. The van der Waals surface area contributed by atoms with Crippen LogP contribution >= 0.6 is 22.7 Å². The van der Waals surface area contributed by atoms with Gasteiger partial charge in [0.05, 0.1) is 21.4 Å². The van der Waals surface area contributed by atoms with E-state index in [1.807, 2.05) is 18.3 Å². The van der Waals surface area contributed by atoms with Crippen LogP contribution in [-0.4, -0.2) is 15.5 Å². The Morgan fingerprint density at radius 1 is 1.24 bits per heavy atom. The van der Waals surface area contributed by atoms with Crippen LogP contribution in [-0.2, 0) is 13.0 Å². The van der Waals surface area contributed by atoms with E-state index in [1.54, 1.807) is 11.3 Å². The molecule has 0 unspecified atom stereocenters. The van der Waals surface area contributed by atoms with Crippen LogP contribution in [0.1, 0.15) is 66.8 Å². The molecule has 21 heavy (non-hydrogen) atoms. The number of nitrogens with one attached hydrogen (secondary N) is 1. The van der Waals surface area contributed by atoms with Crippen molar-refractivity contribution >= 4 is 22.7 Å². The molecule has 2 rings (SSSR count). The van der Waals surface area contributed by atoms with Gasteiger partial charge in [0.1, 0.15) is 0 Å². The third-order valence-corrected chi connectivity index (χ3v) is 4.99. The zero-order valence-electron chi connectivity index (χ0n) is 13.8. The summed E-state index contributed by atoms with van der Waals surface area (Å²) in [6, 6.07) is 0. The Labute approximate surface area is 135 Å². The van der Waals surface area contributed by atoms with Crippen molar-refractivity contribution in [2.75, 3.05) is 0 Å². The van der Waals surface area contributed by atoms with Gasteiger partial charge in [-0.1, -0.05) is 13.8 Å². The van der Waals surface area contributed by atoms with E-state index in [-0.39, 0.29) is 5.54 Å². The van der Waals surface area contributed by atoms with Crippen LogP contribution in [0.5, 0.6) is 0 Å². The summed E-state index contributed by atoms with van der Waals surface area (Å²) in [5.74, 6) is 0.462. The minimum Gasteiger partial charge on any atom is -0.307 e. The third kappa shape index (κ3) is 4.87. The summed E-state index contributed by atoms with van der Waals surface area (Å²) in [7, 11) is 0. The molecule has 1 N–H and O–H groups in total. The number of thiazole rings is 2. The fraction of sp³-hybridized carbons (Fsp3) is 0.625. The normalized spacial score (nSPS) is 12.3. The number of aromatic nitrogens is 2. The smallest absolute Gasteiger partial charge is 0.0991 e. The van der Waals surface area contributed by atoms with Crippen LogP contribution in [0.25, 0.3) is 0 Å². The zero-order valence-corrected chi connectivity index (χ0v) is 15.4. The lowest BCUT2D eigenvalue weighted by Gasteiger charge is -2.20. The van der Waals surface area contributed by atoms with Crippen LogP contribution < -0.4 is 5.32 Å². The van der Waals surface area contributed by atoms with E-state index in [0.29, 0.717) is 5.92 Å². The monoisotopic (exact) mass is 323 g/mol. The number of aryl methyl sites for hydroxylation is 1. The minimum absolute atomic E-state index is 0.129. The largest absolute Gasteiger partial charge is 0.307 e. The minimum atomic E-state index is 0.129. The average Bonchev–Trinajstić information content (AvgIpc) is 2.93. The molecule has 0 radical (unpaired) electrons. The fourth-order valence-corrected chi connectivity index (χ4v) is 3.85. The lowest BCUT2D eigenvalue weighted by molar-refractivity contribution is 0.425. The first-order valence-electron chi connectivity index (χ1n) is 7.39. The summed E-state index contributed by atoms with van der Waals surface area (Å²) in [6.07, 6.45) is 0.851. The second-order valence-corrected chi connectivity index (χ2v) is 8.94. The summed E-state index contributed by atoms with van der Waals surface area (Å²) in [5, 5.41) is 8.01. The van der Waals surface area contributed by atoms with Gasteiger partial charge in [-0.05, 0) is 33.6 Å². The number of nitrogens with zero attached hydrogens (tertiary/aromatic N) is 2. The van der Waals surface area contributed by atoms with Gasteiger partial charge in [0.15, 0.2) is 0 Å². The molecule has 3 nitrogen and oxygen atoms in total. The van der Waals surface area contributed by atoms with Gasteiger partial charge in [-0.15, -0.1) is 22.7 Å². The second-order valence-electron chi connectivity index (χ2n) is 6.71. The van der Waals surface area contributed by atoms with Gasteiger partial charge in [0.2, 0.25) is 0 Å². The summed E-state index contributed by atoms with van der Waals surface area (Å²) in [6.45, 7) is 14.0. The van der Waals surface area contributed by atoms with Gasteiger partial charge in [-0.25, -0.2) is 9.97 Å². The third-order valence-electron chi connectivity index (χ3n) is 3.10. The highest BCUT2D eigenvalue weighted by molar-refractivity contribution is 7.11. The molecule has 2 aromatic rings. The lowest BCUT2D eigenvalue weighted by Crippen LogP contribution is -2.35. The number of rotatable bonds is 5. The predicted octanol–water partition coefficient (Wildman–Crippen LogP) is 4.51. The van der Waals surface area contributed by atoms with Crippen molar-refractivity contribution in [2.24, 2.45) is 0 Å². The van der Waals surface area contributed by atoms with Crippen molar-refractivity contribution in [3.05, 3.63) is 31.7 Å². The molecule has 0 bridgehead atoms. The molecule has 0 spiro atoms. The molecule has 0 aliphatic heterocycles. The van der Waals surface area contributed by atoms with Crippen molar-refractivity contribution in [3.8, 4) is 0 Å². The maximum absolute atomic E-state index is 4.86. The summed E-state index contributed by atoms with van der Waals surface area (Å²) >= 11 is 3.53. The van der Waals surface area contributed by atoms with E-state index >= 15 is 0 Å². The SMILES string of the molecule is Cc1nc(Cc2nc(C(C)C)c(CNC(C)(C)C)s2)cs1. The standard InChI is InChI=1S/C16H25N3S2/c1-10(2)15-13(8-17-16(4,5)6)21-14(19-15)7-12-9-20-11(3)18-12/h9-10,17H,7-8H2,1-6H3. The van der Waals surface area contributed by atoms with Gasteiger partial charge in [-0.2, -0.15) is 0 Å². The molecule has 2 aromatic heterocycles. The molecule has 0 fully saturated rings. The zero-order chi connectivity index (χ0) is 15.6. The first-order chi connectivity index (χ1) is 9.74. The first-order valence-corrected chi connectivity index (χ1v) is 9.08. The van der Waals surface area contributed by atoms with Gasteiger partial charge >= 0.3 is 0 Å². The molecule has 2 heterocycles. The van der Waals surface area contributed by atoms with E-state index in [1.165, 1.54) is 15.6 Å². The highest BCUT2D eigenvalue weighted by Gasteiger charge is 2.17. The van der Waals surface area contributed by atoms with Crippen LogP contribution in [0, 0.1) is 6.92 Å². The molecule has 0 amide bonds. The summed E-state index contributed by atoms with van der Waals surface area (Å²) < 4.78 is 0. The maximum atomic E-state index is 4.86. The Hall–Kier alpha value is -0.780. The Morgan fingerprint density at radius 2 is 1.95 bits per heavy atom. The maximum Gasteiger partial charge on any atom is 0.0991 e. The summed E-state index contributed by atoms with van der Waals surface area (Å²) in [5.41, 5.74) is 2.50. The van der Waals surface area contributed by atoms with Crippen molar-refractivity contribution in [1.82, 2.24) is 15.3 Å². The van der Waals surface area contributed by atoms with Crippen molar-refractivity contribution in [3.63, 3.8) is 0 Å². The van der Waals surface area contributed by atoms with E-state index in [0.717, 1.165) is 23.7 Å². The van der Waals surface area contributed by atoms with E-state index in [2.05, 4.69) is 50.3 Å². The van der Waals surface area contributed by atoms with E-state index < -0.39 is 0 Å². The average molecular weight is 324 g/mol. The molecular weight excluding hydrogens is 298 g/mol. The molecular formula is C16H25N3S2. The van der Waals surface area contributed by atoms with Crippen LogP contribution in [0.4, 0.5) is 0 Å². The molecule has 5 heteroatoms. The molecule has 0 atom stereocenters. The fourth-order valence-electron chi connectivity index (χ4n) is 2.06. The molecule has 0 aliphatic rings. The first kappa shape index (κ1) is 16.6. The topological polar surface area (TPSA) is 37.8 Å². The van der Waals surface area contributed by atoms with Crippen LogP contribution in [0.3, 0.4) is 0 Å². The van der Waals surface area contributed by atoms with E-state index in [9.17, 15) is 0 Å². The number of hydrogen-bond donors (Lipinski definition) is 1. The summed E-state index contributed by atoms with van der Waals surface area (Å²) in [4.78, 5) is 10.8. The van der Waals surface area contributed by atoms with Crippen molar-refractivity contribution in [2.45, 2.75) is 66.0 Å². The van der Waals surface area contributed by atoms with Gasteiger partial charge in [-0.3, -0.25) is 0 Å². The van der Waals surface area contributed by atoms with Gasteiger partial charge in [0.25, 0.3) is 0 Å². The van der Waals surface area contributed by atoms with Crippen molar-refractivity contribution in [1.29, 1.82) is 0 Å². The second kappa shape index (κ2) is 6.55. The Morgan fingerprint density at radius 3 is 2.48 bits per heavy atom. The molecule has 116 valence electrons. The number of hydrogen-bond acceptors (Lipinski definition) is 5. The lowest BCUT2D eigenvalue weighted by atomic mass is 10.1. The highest BCUT2D eigenvalue weighted by Crippen LogP contribution is 2.27. The van der Waals surface area contributed by atoms with Crippen LogP contribution in [0.15, 0.2) is 5.38 Å². The quantitative estimate of drug-likeness (QED) is 0.879. The van der Waals surface area contributed by atoms with Crippen molar-refractivity contribution < 1.29 is 0 Å². The molecule has 0 aliphatic carbocycles. The van der Waals surface area contributed by atoms with E-state index in [4.69, 9.17) is 4.98 Å². The van der Waals surface area contributed by atoms with Gasteiger partial charge in [0, 0.05) is 28.8 Å². The Balaban J connectivity index is 2.16.